The number of amides is 1. The van der Waals surface area contributed by atoms with Gasteiger partial charge in [0.25, 0.3) is 5.91 Å². The highest BCUT2D eigenvalue weighted by atomic mass is 32.2. The number of hydrazone groups is 1. The number of nitrogens with zero attached hydrogens (tertiary/aromatic N) is 2. The summed E-state index contributed by atoms with van der Waals surface area (Å²) in [5.74, 6) is -1.31. The largest absolute Gasteiger partial charge is 0.478 e. The fourth-order valence-corrected chi connectivity index (χ4v) is 4.59. The van der Waals surface area contributed by atoms with Crippen LogP contribution in [0, 0.1) is 0 Å². The van der Waals surface area contributed by atoms with E-state index in [9.17, 15) is 14.7 Å². The number of hydrogen-bond donors (Lipinski definition) is 2. The molecule has 1 heterocycles. The number of benzene rings is 2. The molecule has 1 amide bonds. The molecule has 0 saturated carbocycles. The molecule has 0 bridgehead atoms. The summed E-state index contributed by atoms with van der Waals surface area (Å²) in [6.07, 6.45) is 0. The molecular weight excluding hydrogens is 382 g/mol. The minimum absolute atomic E-state index is 0.143. The maximum Gasteiger partial charge on any atom is 0.336 e. The number of carbonyl (C=O) groups excluding carboxylic acids is 1. The zero-order chi connectivity index (χ0) is 19.4. The molecule has 27 heavy (non-hydrogen) atoms. The molecule has 2 N–H and O–H groups in total. The molecule has 0 aliphatic heterocycles. The quantitative estimate of drug-likeness (QED) is 0.371. The molecule has 3 aromatic rings. The van der Waals surface area contributed by atoms with Crippen molar-refractivity contribution in [3.63, 3.8) is 0 Å². The summed E-state index contributed by atoms with van der Waals surface area (Å²) >= 11 is 2.91. The van der Waals surface area contributed by atoms with E-state index in [0.29, 0.717) is 11.3 Å². The first-order valence-electron chi connectivity index (χ1n) is 8.15. The maximum atomic E-state index is 12.3. The van der Waals surface area contributed by atoms with Gasteiger partial charge in [-0.2, -0.15) is 5.10 Å². The Kier molecular flexibility index (Phi) is 5.88. The summed E-state index contributed by atoms with van der Waals surface area (Å²) < 4.78 is 1.89. The van der Waals surface area contributed by atoms with E-state index in [1.54, 1.807) is 43.4 Å². The Balaban J connectivity index is 1.67. The van der Waals surface area contributed by atoms with Crippen LogP contribution in [0.1, 0.15) is 29.8 Å². The van der Waals surface area contributed by atoms with Gasteiger partial charge in [-0.15, -0.1) is 11.3 Å². The van der Waals surface area contributed by atoms with Crippen LogP contribution in [0.25, 0.3) is 10.2 Å². The van der Waals surface area contributed by atoms with Crippen molar-refractivity contribution in [2.75, 3.05) is 0 Å². The van der Waals surface area contributed by atoms with Crippen LogP contribution in [0.4, 0.5) is 0 Å². The third-order valence-electron chi connectivity index (χ3n) is 3.80. The van der Waals surface area contributed by atoms with Crippen LogP contribution in [0.15, 0.2) is 58.0 Å². The second-order valence-electron chi connectivity index (χ2n) is 5.73. The van der Waals surface area contributed by atoms with Crippen molar-refractivity contribution < 1.29 is 14.7 Å². The van der Waals surface area contributed by atoms with Crippen LogP contribution in [-0.2, 0) is 4.79 Å². The van der Waals surface area contributed by atoms with E-state index in [0.717, 1.165) is 14.6 Å². The summed E-state index contributed by atoms with van der Waals surface area (Å²) in [6.45, 7) is 3.44. The number of carbonyl (C=O) groups is 2. The molecule has 138 valence electrons. The van der Waals surface area contributed by atoms with Crippen LogP contribution in [0.3, 0.4) is 0 Å². The topological polar surface area (TPSA) is 91.7 Å². The Labute approximate surface area is 164 Å². The first kappa shape index (κ1) is 19.1. The summed E-state index contributed by atoms with van der Waals surface area (Å²) in [7, 11) is 0. The Hall–Kier alpha value is -2.71. The van der Waals surface area contributed by atoms with E-state index >= 15 is 0 Å². The Morgan fingerprint density at radius 3 is 2.52 bits per heavy atom. The predicted molar refractivity (Wildman–Crippen MR) is 109 cm³/mol. The van der Waals surface area contributed by atoms with Crippen molar-refractivity contribution >= 4 is 50.9 Å². The summed E-state index contributed by atoms with van der Waals surface area (Å²) in [5.41, 5.74) is 4.47. The van der Waals surface area contributed by atoms with Crippen molar-refractivity contribution in [1.29, 1.82) is 0 Å². The smallest absolute Gasteiger partial charge is 0.336 e. The number of nitrogens with one attached hydrogen (secondary N) is 1. The average molecular weight is 399 g/mol. The number of aromatic nitrogens is 1. The number of carboxylic acids is 1. The molecule has 0 aliphatic rings. The number of aromatic carboxylic acids is 1. The van der Waals surface area contributed by atoms with Gasteiger partial charge in [0.15, 0.2) is 4.34 Å². The number of fused-ring (bicyclic) bond motifs is 1. The van der Waals surface area contributed by atoms with E-state index in [2.05, 4.69) is 15.5 Å². The van der Waals surface area contributed by atoms with Crippen LogP contribution in [-0.4, -0.2) is 32.9 Å². The minimum atomic E-state index is -1.04. The third kappa shape index (κ3) is 4.53. The Morgan fingerprint density at radius 2 is 1.81 bits per heavy atom. The first-order chi connectivity index (χ1) is 13.0. The summed E-state index contributed by atoms with van der Waals surface area (Å²) in [5, 5.41) is 12.9. The highest BCUT2D eigenvalue weighted by molar-refractivity contribution is 8.02. The van der Waals surface area contributed by atoms with Crippen LogP contribution in [0.5, 0.6) is 0 Å². The monoisotopic (exact) mass is 399 g/mol. The number of hydrogen-bond acceptors (Lipinski definition) is 6. The number of thioether (sulfide) groups is 1. The van der Waals surface area contributed by atoms with Crippen molar-refractivity contribution in [2.45, 2.75) is 23.4 Å². The number of thiazole rings is 1. The van der Waals surface area contributed by atoms with E-state index in [-0.39, 0.29) is 11.5 Å². The van der Waals surface area contributed by atoms with Crippen LogP contribution < -0.4 is 5.43 Å². The molecule has 2 aromatic carbocycles. The molecule has 1 aromatic heterocycles. The van der Waals surface area contributed by atoms with Gasteiger partial charge in [0.2, 0.25) is 0 Å². The Morgan fingerprint density at radius 1 is 1.15 bits per heavy atom. The van der Waals surface area contributed by atoms with E-state index < -0.39 is 11.2 Å². The molecule has 0 saturated heterocycles. The molecular formula is C19H17N3O3S2. The van der Waals surface area contributed by atoms with Crippen molar-refractivity contribution in [2.24, 2.45) is 5.10 Å². The molecule has 0 radical (unpaired) electrons. The van der Waals surface area contributed by atoms with E-state index in [4.69, 9.17) is 0 Å². The zero-order valence-electron chi connectivity index (χ0n) is 14.7. The molecule has 0 spiro atoms. The number of rotatable bonds is 6. The molecule has 0 fully saturated rings. The van der Waals surface area contributed by atoms with E-state index in [1.807, 2.05) is 24.3 Å². The maximum absolute atomic E-state index is 12.3. The van der Waals surface area contributed by atoms with Gasteiger partial charge >= 0.3 is 5.97 Å². The van der Waals surface area contributed by atoms with Crippen LogP contribution >= 0.6 is 23.1 Å². The standard InChI is InChI=1S/C19H17N3O3S2/c1-11(13-7-3-4-8-14(13)18(24)25)21-22-17(23)12(2)26-19-20-15-9-5-6-10-16(15)27-19/h3-10,12H,1-2H3,(H,22,23)(H,24,25)/b21-11-/t12-/m0/s1. The predicted octanol–water partition coefficient (Wildman–Crippen LogP) is 4.02. The van der Waals surface area contributed by atoms with Crippen LogP contribution in [0.2, 0.25) is 0 Å². The molecule has 8 heteroatoms. The minimum Gasteiger partial charge on any atom is -0.478 e. The van der Waals surface area contributed by atoms with Gasteiger partial charge in [-0.3, -0.25) is 4.79 Å². The summed E-state index contributed by atoms with van der Waals surface area (Å²) in [6, 6.07) is 14.4. The van der Waals surface area contributed by atoms with Gasteiger partial charge in [-0.05, 0) is 32.0 Å². The average Bonchev–Trinajstić information content (AvgIpc) is 3.07. The Bertz CT molecular complexity index is 997. The lowest BCUT2D eigenvalue weighted by atomic mass is 10.0. The second kappa shape index (κ2) is 8.32. The lowest BCUT2D eigenvalue weighted by Gasteiger charge is -2.09. The molecule has 6 nitrogen and oxygen atoms in total. The van der Waals surface area contributed by atoms with Gasteiger partial charge in [-0.1, -0.05) is 42.1 Å². The summed E-state index contributed by atoms with van der Waals surface area (Å²) in [4.78, 5) is 28.1. The molecule has 3 rings (SSSR count). The number of carboxylic acid groups (broad SMARTS) is 1. The van der Waals surface area contributed by atoms with Gasteiger partial charge in [0.05, 0.1) is 26.7 Å². The van der Waals surface area contributed by atoms with Gasteiger partial charge in [0, 0.05) is 5.56 Å². The fraction of sp³-hybridized carbons (Fsp3) is 0.158. The zero-order valence-corrected chi connectivity index (χ0v) is 16.3. The SMILES string of the molecule is C/C(=N/NC(=O)[C@H](C)Sc1nc2ccccc2s1)c1ccccc1C(=O)O. The van der Waals surface area contributed by atoms with E-state index in [1.165, 1.54) is 17.8 Å². The normalized spacial score (nSPS) is 12.7. The lowest BCUT2D eigenvalue weighted by Crippen LogP contribution is -2.27. The van der Waals surface area contributed by atoms with Crippen molar-refractivity contribution in [3.05, 3.63) is 59.7 Å². The first-order valence-corrected chi connectivity index (χ1v) is 9.84. The fourth-order valence-electron chi connectivity index (χ4n) is 2.38. The van der Waals surface area contributed by atoms with Crippen molar-refractivity contribution in [1.82, 2.24) is 10.4 Å². The van der Waals surface area contributed by atoms with Crippen molar-refractivity contribution in [3.8, 4) is 0 Å². The highest BCUT2D eigenvalue weighted by Crippen LogP contribution is 2.31. The second-order valence-corrected chi connectivity index (χ2v) is 8.35. The molecule has 0 aliphatic carbocycles. The lowest BCUT2D eigenvalue weighted by molar-refractivity contribution is -0.120. The molecule has 1 atom stereocenters. The third-order valence-corrected chi connectivity index (χ3v) is 6.03. The van der Waals surface area contributed by atoms with Gasteiger partial charge in [-0.25, -0.2) is 15.2 Å². The number of para-hydroxylation sites is 1. The molecule has 0 unspecified atom stereocenters. The highest BCUT2D eigenvalue weighted by Gasteiger charge is 2.17. The van der Waals surface area contributed by atoms with Gasteiger partial charge < -0.3 is 5.11 Å². The van der Waals surface area contributed by atoms with Gasteiger partial charge in [0.1, 0.15) is 0 Å².